The third kappa shape index (κ3) is 2.00. The minimum Gasteiger partial charge on any atom is -0.507 e. The summed E-state index contributed by atoms with van der Waals surface area (Å²) in [5.41, 5.74) is 5.23. The zero-order chi connectivity index (χ0) is 12.4. The Balaban J connectivity index is 2.73. The average Bonchev–Trinajstić information content (AvgIpc) is 2.28. The van der Waals surface area contributed by atoms with Crippen molar-refractivity contribution in [1.29, 1.82) is 5.41 Å². The number of nitrogens with zero attached hydrogens (tertiary/aromatic N) is 2. The number of rotatable bonds is 1. The Morgan fingerprint density at radius 1 is 1.12 bits per heavy atom. The summed E-state index contributed by atoms with van der Waals surface area (Å²) in [5, 5.41) is 34.4. The number of hydrogen-bond acceptors (Lipinski definition) is 4. The van der Waals surface area contributed by atoms with Crippen LogP contribution in [-0.2, 0) is 0 Å². The third-order valence-corrected chi connectivity index (χ3v) is 2.23. The van der Waals surface area contributed by atoms with Gasteiger partial charge in [0, 0.05) is 16.8 Å². The van der Waals surface area contributed by atoms with Gasteiger partial charge in [-0.25, -0.2) is 0 Å². The van der Waals surface area contributed by atoms with Gasteiger partial charge in [0.1, 0.15) is 17.2 Å². The highest BCUT2D eigenvalue weighted by Gasteiger charge is 2.10. The van der Waals surface area contributed by atoms with Crippen LogP contribution in [0.15, 0.2) is 40.6 Å². The number of fused-ring (bicyclic) bond motifs is 1. The quantitative estimate of drug-likeness (QED) is 0.342. The summed E-state index contributed by atoms with van der Waals surface area (Å²) in [5.74, 6) is -0.715. The van der Waals surface area contributed by atoms with Gasteiger partial charge in [-0.1, -0.05) is 24.3 Å². The largest absolute Gasteiger partial charge is 0.507 e. The van der Waals surface area contributed by atoms with E-state index in [1.165, 1.54) is 6.07 Å². The Kier molecular flexibility index (Phi) is 2.61. The van der Waals surface area contributed by atoms with E-state index in [1.807, 2.05) is 0 Å². The molecule has 0 spiro atoms. The highest BCUT2D eigenvalue weighted by molar-refractivity contribution is 5.99. The fourth-order valence-corrected chi connectivity index (χ4v) is 1.54. The van der Waals surface area contributed by atoms with E-state index in [-0.39, 0.29) is 17.2 Å². The number of benzene rings is 2. The van der Waals surface area contributed by atoms with Crippen LogP contribution in [0.4, 0.5) is 5.69 Å². The van der Waals surface area contributed by atoms with Gasteiger partial charge in [-0.3, -0.25) is 5.41 Å². The molecule has 5 N–H and O–H groups in total. The second-order valence-corrected chi connectivity index (χ2v) is 3.39. The lowest BCUT2D eigenvalue weighted by Crippen LogP contribution is -2.03. The van der Waals surface area contributed by atoms with Crippen LogP contribution in [0.25, 0.3) is 10.8 Å². The SMILES string of the molecule is N=C(N)N=Nc1c(O)cc(O)c2ccccc12. The molecule has 0 saturated heterocycles. The van der Waals surface area contributed by atoms with Crippen LogP contribution in [0, 0.1) is 5.41 Å². The maximum atomic E-state index is 9.68. The number of phenols is 2. The fourth-order valence-electron chi connectivity index (χ4n) is 1.54. The minimum atomic E-state index is -0.457. The van der Waals surface area contributed by atoms with E-state index in [2.05, 4.69) is 10.2 Å². The van der Waals surface area contributed by atoms with Gasteiger partial charge in [0.15, 0.2) is 0 Å². The first-order valence-corrected chi connectivity index (χ1v) is 4.79. The lowest BCUT2D eigenvalue weighted by Gasteiger charge is -2.05. The van der Waals surface area contributed by atoms with Crippen LogP contribution >= 0.6 is 0 Å². The standard InChI is InChI=1S/C11H10N4O2/c12-11(13)15-14-10-7-4-2-1-3-6(7)8(16)5-9(10)17/h1-5,16-17H,(H3,12,13). The smallest absolute Gasteiger partial charge is 0.232 e. The van der Waals surface area contributed by atoms with Crippen LogP contribution in [0.1, 0.15) is 0 Å². The maximum absolute atomic E-state index is 9.68. The molecular weight excluding hydrogens is 220 g/mol. The van der Waals surface area contributed by atoms with E-state index in [9.17, 15) is 10.2 Å². The van der Waals surface area contributed by atoms with E-state index in [0.717, 1.165) is 0 Å². The van der Waals surface area contributed by atoms with Crippen LogP contribution in [0.2, 0.25) is 0 Å². The number of phenolic OH excluding ortho intramolecular Hbond substituents is 2. The Labute approximate surface area is 96.5 Å². The van der Waals surface area contributed by atoms with E-state index in [4.69, 9.17) is 11.1 Å². The van der Waals surface area contributed by atoms with Crippen LogP contribution in [0.3, 0.4) is 0 Å². The molecule has 0 unspecified atom stereocenters. The van der Waals surface area contributed by atoms with Gasteiger partial charge >= 0.3 is 0 Å². The zero-order valence-electron chi connectivity index (χ0n) is 8.75. The summed E-state index contributed by atoms with van der Waals surface area (Å²) in [6.45, 7) is 0. The van der Waals surface area contributed by atoms with Crippen LogP contribution in [-0.4, -0.2) is 16.2 Å². The second-order valence-electron chi connectivity index (χ2n) is 3.39. The molecule has 0 heterocycles. The monoisotopic (exact) mass is 230 g/mol. The first-order chi connectivity index (χ1) is 8.09. The van der Waals surface area contributed by atoms with Gasteiger partial charge in [-0.05, 0) is 0 Å². The number of nitrogens with one attached hydrogen (secondary N) is 1. The molecule has 2 rings (SSSR count). The predicted octanol–water partition coefficient (Wildman–Crippen LogP) is 2.23. The second kappa shape index (κ2) is 4.09. The highest BCUT2D eigenvalue weighted by atomic mass is 16.3. The molecule has 2 aromatic carbocycles. The summed E-state index contributed by atoms with van der Waals surface area (Å²) >= 11 is 0. The molecule has 0 aliphatic rings. The normalized spacial score (nSPS) is 11.1. The summed E-state index contributed by atoms with van der Waals surface area (Å²) in [7, 11) is 0. The average molecular weight is 230 g/mol. The molecule has 86 valence electrons. The molecule has 0 fully saturated rings. The van der Waals surface area contributed by atoms with Crippen molar-refractivity contribution in [3.63, 3.8) is 0 Å². The number of azo groups is 1. The fraction of sp³-hybridized carbons (Fsp3) is 0. The summed E-state index contributed by atoms with van der Waals surface area (Å²) < 4.78 is 0. The van der Waals surface area contributed by atoms with Gasteiger partial charge < -0.3 is 15.9 Å². The van der Waals surface area contributed by atoms with Crippen molar-refractivity contribution in [3.05, 3.63) is 30.3 Å². The molecule has 6 heteroatoms. The van der Waals surface area contributed by atoms with Crippen molar-refractivity contribution >= 4 is 22.4 Å². The molecule has 17 heavy (non-hydrogen) atoms. The van der Waals surface area contributed by atoms with Crippen molar-refractivity contribution in [3.8, 4) is 11.5 Å². The van der Waals surface area contributed by atoms with Gasteiger partial charge in [-0.15, -0.1) is 10.2 Å². The number of guanidine groups is 1. The summed E-state index contributed by atoms with van der Waals surface area (Å²) in [4.78, 5) is 0. The molecular formula is C11H10N4O2. The predicted molar refractivity (Wildman–Crippen MR) is 63.7 cm³/mol. The van der Waals surface area contributed by atoms with E-state index in [0.29, 0.717) is 10.8 Å². The van der Waals surface area contributed by atoms with E-state index < -0.39 is 5.96 Å². The van der Waals surface area contributed by atoms with Crippen molar-refractivity contribution < 1.29 is 10.2 Å². The first-order valence-electron chi connectivity index (χ1n) is 4.79. The molecule has 0 radical (unpaired) electrons. The van der Waals surface area contributed by atoms with Crippen molar-refractivity contribution in [2.75, 3.05) is 0 Å². The number of nitrogens with two attached hydrogens (primary N) is 1. The summed E-state index contributed by atoms with van der Waals surface area (Å²) in [6, 6.07) is 8.05. The Bertz CT molecular complexity index is 622. The molecule has 0 amide bonds. The van der Waals surface area contributed by atoms with Crippen LogP contribution < -0.4 is 5.73 Å². The van der Waals surface area contributed by atoms with Gasteiger partial charge in [0.05, 0.1) is 0 Å². The molecule has 0 saturated carbocycles. The molecule has 6 nitrogen and oxygen atoms in total. The molecule has 0 aliphatic heterocycles. The van der Waals surface area contributed by atoms with Crippen LogP contribution in [0.5, 0.6) is 11.5 Å². The van der Waals surface area contributed by atoms with Crippen molar-refractivity contribution in [2.45, 2.75) is 0 Å². The Hall–Kier alpha value is -2.63. The van der Waals surface area contributed by atoms with Crippen molar-refractivity contribution in [2.24, 2.45) is 16.0 Å². The highest BCUT2D eigenvalue weighted by Crippen LogP contribution is 2.40. The van der Waals surface area contributed by atoms with Gasteiger partial charge in [0.25, 0.3) is 0 Å². The third-order valence-electron chi connectivity index (χ3n) is 2.23. The van der Waals surface area contributed by atoms with E-state index >= 15 is 0 Å². The lowest BCUT2D eigenvalue weighted by atomic mass is 10.1. The Morgan fingerprint density at radius 2 is 1.76 bits per heavy atom. The topological polar surface area (TPSA) is 115 Å². The number of aromatic hydroxyl groups is 2. The number of hydrogen-bond donors (Lipinski definition) is 4. The maximum Gasteiger partial charge on any atom is 0.232 e. The van der Waals surface area contributed by atoms with Gasteiger partial charge in [-0.2, -0.15) is 0 Å². The lowest BCUT2D eigenvalue weighted by molar-refractivity contribution is 0.456. The summed E-state index contributed by atoms with van der Waals surface area (Å²) in [6.07, 6.45) is 0. The molecule has 2 aromatic rings. The molecule has 0 aromatic heterocycles. The molecule has 0 atom stereocenters. The first kappa shape index (κ1) is 10.9. The zero-order valence-corrected chi connectivity index (χ0v) is 8.75. The Morgan fingerprint density at radius 3 is 2.41 bits per heavy atom. The minimum absolute atomic E-state index is 0.0418. The molecule has 0 aliphatic carbocycles. The molecule has 0 bridgehead atoms. The van der Waals surface area contributed by atoms with Gasteiger partial charge in [0.2, 0.25) is 5.96 Å². The van der Waals surface area contributed by atoms with Crippen molar-refractivity contribution in [1.82, 2.24) is 0 Å². The van der Waals surface area contributed by atoms with E-state index in [1.54, 1.807) is 24.3 Å².